The summed E-state index contributed by atoms with van der Waals surface area (Å²) in [7, 11) is 0. The Labute approximate surface area is 140 Å². The van der Waals surface area contributed by atoms with Gasteiger partial charge in [0.1, 0.15) is 5.82 Å². The number of aromatic nitrogens is 1. The van der Waals surface area contributed by atoms with E-state index in [4.69, 9.17) is 0 Å². The summed E-state index contributed by atoms with van der Waals surface area (Å²) in [6.45, 7) is 0.561. The highest BCUT2D eigenvalue weighted by atomic mass is 19.1. The maximum absolute atomic E-state index is 13.0. The van der Waals surface area contributed by atoms with Crippen molar-refractivity contribution in [1.82, 2.24) is 9.88 Å². The van der Waals surface area contributed by atoms with Gasteiger partial charge in [0.25, 0.3) is 0 Å². The summed E-state index contributed by atoms with van der Waals surface area (Å²) in [5.41, 5.74) is 1.35. The Morgan fingerprint density at radius 1 is 1.25 bits per heavy atom. The fourth-order valence-corrected chi connectivity index (χ4v) is 2.62. The van der Waals surface area contributed by atoms with Crippen molar-refractivity contribution in [2.24, 2.45) is 0 Å². The van der Waals surface area contributed by atoms with Gasteiger partial charge >= 0.3 is 0 Å². The van der Waals surface area contributed by atoms with Crippen LogP contribution in [-0.2, 0) is 4.79 Å². The number of carbonyl (C=O) groups excluding carboxylic acids is 1. The van der Waals surface area contributed by atoms with Gasteiger partial charge in [-0.25, -0.2) is 4.39 Å². The van der Waals surface area contributed by atoms with Crippen molar-refractivity contribution in [3.8, 4) is 0 Å². The van der Waals surface area contributed by atoms with E-state index in [0.29, 0.717) is 23.8 Å². The lowest BCUT2D eigenvalue weighted by molar-refractivity contribution is -0.117. The summed E-state index contributed by atoms with van der Waals surface area (Å²) >= 11 is 0. The van der Waals surface area contributed by atoms with Crippen LogP contribution in [-0.4, -0.2) is 40.0 Å². The Morgan fingerprint density at radius 3 is 2.54 bits per heavy atom. The molecule has 1 aliphatic carbocycles. The molecule has 1 aromatic heterocycles. The predicted molar refractivity (Wildman–Crippen MR) is 88.8 cm³/mol. The maximum Gasteiger partial charge on any atom is 0.238 e. The van der Waals surface area contributed by atoms with E-state index >= 15 is 0 Å². The maximum atomic E-state index is 13.0. The standard InChI is InChI=1S/C18H20FN3O2/c19-14-3-1-13(2-4-14)17(23)11-22(16-5-6-16)12-18(24)21-15-7-9-20-10-8-15/h1-4,7-10,16-17,23H,5-6,11-12H2,(H,20,21,24). The number of carbonyl (C=O) groups is 1. The number of anilines is 1. The molecule has 1 saturated carbocycles. The summed E-state index contributed by atoms with van der Waals surface area (Å²) in [6, 6.07) is 9.58. The van der Waals surface area contributed by atoms with Crippen LogP contribution >= 0.6 is 0 Å². The second kappa shape index (κ2) is 7.51. The van der Waals surface area contributed by atoms with Crippen molar-refractivity contribution < 1.29 is 14.3 Å². The third-order valence-electron chi connectivity index (χ3n) is 4.04. The summed E-state index contributed by atoms with van der Waals surface area (Å²) in [5.74, 6) is -0.457. The molecule has 0 bridgehead atoms. The fraction of sp³-hybridized carbons (Fsp3) is 0.333. The van der Waals surface area contributed by atoms with E-state index in [-0.39, 0.29) is 18.3 Å². The molecule has 1 fully saturated rings. The van der Waals surface area contributed by atoms with Crippen LogP contribution in [0.4, 0.5) is 10.1 Å². The van der Waals surface area contributed by atoms with E-state index in [9.17, 15) is 14.3 Å². The SMILES string of the molecule is O=C(CN(CC(O)c1ccc(F)cc1)C1CC1)Nc1ccncc1. The van der Waals surface area contributed by atoms with Gasteiger partial charge in [0.2, 0.25) is 5.91 Å². The smallest absolute Gasteiger partial charge is 0.238 e. The highest BCUT2D eigenvalue weighted by molar-refractivity contribution is 5.92. The molecule has 0 saturated heterocycles. The van der Waals surface area contributed by atoms with Gasteiger partial charge in [0.15, 0.2) is 0 Å². The van der Waals surface area contributed by atoms with Crippen LogP contribution in [0.3, 0.4) is 0 Å². The minimum Gasteiger partial charge on any atom is -0.387 e. The van der Waals surface area contributed by atoms with Crippen LogP contribution in [0.1, 0.15) is 24.5 Å². The minimum absolute atomic E-state index is 0.126. The topological polar surface area (TPSA) is 65.5 Å². The quantitative estimate of drug-likeness (QED) is 0.818. The summed E-state index contributed by atoms with van der Waals surface area (Å²) in [6.07, 6.45) is 4.54. The van der Waals surface area contributed by atoms with Crippen LogP contribution in [0, 0.1) is 5.82 Å². The predicted octanol–water partition coefficient (Wildman–Crippen LogP) is 2.36. The Balaban J connectivity index is 1.58. The molecule has 3 rings (SSSR count). The fourth-order valence-electron chi connectivity index (χ4n) is 2.62. The molecule has 0 radical (unpaired) electrons. The lowest BCUT2D eigenvalue weighted by atomic mass is 10.1. The Hall–Kier alpha value is -2.31. The van der Waals surface area contributed by atoms with Crippen LogP contribution in [0.25, 0.3) is 0 Å². The highest BCUT2D eigenvalue weighted by Gasteiger charge is 2.31. The van der Waals surface area contributed by atoms with Gasteiger partial charge in [-0.15, -0.1) is 0 Å². The normalized spacial score (nSPS) is 15.3. The number of amides is 1. The average molecular weight is 329 g/mol. The number of aliphatic hydroxyl groups excluding tert-OH is 1. The molecular weight excluding hydrogens is 309 g/mol. The van der Waals surface area contributed by atoms with E-state index in [1.807, 2.05) is 4.90 Å². The van der Waals surface area contributed by atoms with Gasteiger partial charge < -0.3 is 10.4 Å². The Kier molecular flexibility index (Phi) is 5.17. The first-order valence-corrected chi connectivity index (χ1v) is 7.99. The summed E-state index contributed by atoms with van der Waals surface area (Å²) < 4.78 is 13.0. The number of benzene rings is 1. The Morgan fingerprint density at radius 2 is 1.92 bits per heavy atom. The summed E-state index contributed by atoms with van der Waals surface area (Å²) in [4.78, 5) is 18.1. The monoisotopic (exact) mass is 329 g/mol. The molecular formula is C18H20FN3O2. The van der Waals surface area contributed by atoms with Gasteiger partial charge in [0, 0.05) is 30.7 Å². The number of rotatable bonds is 7. The van der Waals surface area contributed by atoms with Crippen molar-refractivity contribution in [2.45, 2.75) is 25.0 Å². The van der Waals surface area contributed by atoms with E-state index in [1.54, 1.807) is 36.7 Å². The van der Waals surface area contributed by atoms with Crippen molar-refractivity contribution >= 4 is 11.6 Å². The lowest BCUT2D eigenvalue weighted by Gasteiger charge is -2.24. The van der Waals surface area contributed by atoms with Crippen molar-refractivity contribution in [3.63, 3.8) is 0 Å². The van der Waals surface area contributed by atoms with Crippen molar-refractivity contribution in [1.29, 1.82) is 0 Å². The zero-order chi connectivity index (χ0) is 16.9. The molecule has 2 aromatic rings. The second-order valence-electron chi connectivity index (χ2n) is 6.01. The van der Waals surface area contributed by atoms with Gasteiger partial charge in [0.05, 0.1) is 12.6 Å². The molecule has 6 heteroatoms. The van der Waals surface area contributed by atoms with E-state index in [2.05, 4.69) is 10.3 Å². The molecule has 1 amide bonds. The molecule has 1 aromatic carbocycles. The highest BCUT2D eigenvalue weighted by Crippen LogP contribution is 2.28. The number of nitrogens with one attached hydrogen (secondary N) is 1. The van der Waals surface area contributed by atoms with Crippen molar-refractivity contribution in [2.75, 3.05) is 18.4 Å². The van der Waals surface area contributed by atoms with Gasteiger partial charge in [-0.1, -0.05) is 12.1 Å². The zero-order valence-corrected chi connectivity index (χ0v) is 13.2. The molecule has 126 valence electrons. The minimum atomic E-state index is -0.750. The number of aliphatic hydroxyl groups is 1. The van der Waals surface area contributed by atoms with E-state index < -0.39 is 6.10 Å². The first kappa shape index (κ1) is 16.5. The second-order valence-corrected chi connectivity index (χ2v) is 6.01. The number of nitrogens with zero attached hydrogens (tertiary/aromatic N) is 2. The molecule has 1 atom stereocenters. The molecule has 1 heterocycles. The number of hydrogen-bond donors (Lipinski definition) is 2. The largest absolute Gasteiger partial charge is 0.387 e. The lowest BCUT2D eigenvalue weighted by Crippen LogP contribution is -2.37. The van der Waals surface area contributed by atoms with Gasteiger partial charge in [-0.2, -0.15) is 0 Å². The van der Waals surface area contributed by atoms with Crippen LogP contribution in [0.2, 0.25) is 0 Å². The third kappa shape index (κ3) is 4.59. The molecule has 1 aliphatic rings. The molecule has 24 heavy (non-hydrogen) atoms. The molecule has 0 aliphatic heterocycles. The zero-order valence-electron chi connectivity index (χ0n) is 13.2. The number of halogens is 1. The van der Waals surface area contributed by atoms with Crippen LogP contribution in [0.5, 0.6) is 0 Å². The molecule has 2 N–H and O–H groups in total. The Bertz CT molecular complexity index is 674. The molecule has 1 unspecified atom stereocenters. The van der Waals surface area contributed by atoms with E-state index in [0.717, 1.165) is 12.8 Å². The number of hydrogen-bond acceptors (Lipinski definition) is 4. The van der Waals surface area contributed by atoms with Gasteiger partial charge in [-0.05, 0) is 42.7 Å². The first-order valence-electron chi connectivity index (χ1n) is 7.99. The third-order valence-corrected chi connectivity index (χ3v) is 4.04. The first-order chi connectivity index (χ1) is 11.6. The average Bonchev–Trinajstić information content (AvgIpc) is 3.40. The molecule has 5 nitrogen and oxygen atoms in total. The van der Waals surface area contributed by atoms with Crippen molar-refractivity contribution in [3.05, 3.63) is 60.2 Å². The van der Waals surface area contributed by atoms with Crippen LogP contribution < -0.4 is 5.32 Å². The van der Waals surface area contributed by atoms with Gasteiger partial charge in [-0.3, -0.25) is 14.7 Å². The molecule has 0 spiro atoms. The van der Waals surface area contributed by atoms with E-state index in [1.165, 1.54) is 12.1 Å². The number of pyridine rings is 1. The summed E-state index contributed by atoms with van der Waals surface area (Å²) in [5, 5.41) is 13.2. The van der Waals surface area contributed by atoms with Crippen LogP contribution in [0.15, 0.2) is 48.8 Å².